The van der Waals surface area contributed by atoms with E-state index in [1.165, 1.54) is 12.1 Å². The Morgan fingerprint density at radius 2 is 1.84 bits per heavy atom. The molecule has 2 rings (SSSR count). The fourth-order valence-corrected chi connectivity index (χ4v) is 2.70. The predicted octanol–water partition coefficient (Wildman–Crippen LogP) is 2.35. The molecule has 0 atom stereocenters. The van der Waals surface area contributed by atoms with E-state index in [1.807, 2.05) is 0 Å². The molecule has 1 aromatic rings. The van der Waals surface area contributed by atoms with Crippen molar-refractivity contribution < 1.29 is 9.18 Å². The highest BCUT2D eigenvalue weighted by Crippen LogP contribution is 2.38. The Balaban J connectivity index is 0.00000180. The Hall–Kier alpha value is -1.13. The van der Waals surface area contributed by atoms with Gasteiger partial charge in [-0.15, -0.1) is 12.4 Å². The van der Waals surface area contributed by atoms with E-state index < -0.39 is 0 Å². The maximum atomic E-state index is 13.0. The Labute approximate surface area is 119 Å². The maximum absolute atomic E-state index is 13.0. The summed E-state index contributed by atoms with van der Waals surface area (Å²) in [6, 6.07) is 6.47. The first-order valence-corrected chi connectivity index (χ1v) is 6.38. The molecular weight excluding hydrogens is 267 g/mol. The molecule has 1 aromatic carbocycles. The van der Waals surface area contributed by atoms with E-state index >= 15 is 0 Å². The molecule has 2 N–H and O–H groups in total. The Bertz CT molecular complexity index is 416. The first-order valence-electron chi connectivity index (χ1n) is 6.38. The fourth-order valence-electron chi connectivity index (χ4n) is 2.70. The number of nitrogens with one attached hydrogen (secondary N) is 2. The number of hydrogen-bond acceptors (Lipinski definition) is 2. The summed E-state index contributed by atoms with van der Waals surface area (Å²) >= 11 is 0. The molecule has 1 aliphatic rings. The second kappa shape index (κ2) is 6.87. The van der Waals surface area contributed by atoms with Crippen LogP contribution in [0, 0.1) is 5.82 Å². The van der Waals surface area contributed by atoms with Gasteiger partial charge in [0.2, 0.25) is 5.91 Å². The van der Waals surface area contributed by atoms with Gasteiger partial charge < -0.3 is 10.6 Å². The lowest BCUT2D eigenvalue weighted by atomic mass is 9.88. The summed E-state index contributed by atoms with van der Waals surface area (Å²) in [5, 5.41) is 5.95. The first-order chi connectivity index (χ1) is 8.66. The van der Waals surface area contributed by atoms with Crippen LogP contribution >= 0.6 is 12.4 Å². The maximum Gasteiger partial charge on any atom is 0.234 e. The van der Waals surface area contributed by atoms with Crippen LogP contribution in [0.5, 0.6) is 0 Å². The number of carbonyl (C=O) groups excluding carboxylic acids is 1. The average Bonchev–Trinajstić information content (AvgIpc) is 2.79. The van der Waals surface area contributed by atoms with Crippen LogP contribution in [-0.2, 0) is 10.3 Å². The highest BCUT2D eigenvalue weighted by Gasteiger charge is 2.36. The molecule has 0 radical (unpaired) electrons. The molecule has 0 spiro atoms. The Morgan fingerprint density at radius 3 is 2.37 bits per heavy atom. The molecule has 0 aromatic heterocycles. The summed E-state index contributed by atoms with van der Waals surface area (Å²) in [6.45, 7) is 0.308. The highest BCUT2D eigenvalue weighted by molar-refractivity contribution is 5.85. The largest absolute Gasteiger partial charge is 0.345 e. The second-order valence-electron chi connectivity index (χ2n) is 4.87. The van der Waals surface area contributed by atoms with Crippen molar-refractivity contribution in [1.82, 2.24) is 10.6 Å². The molecule has 0 unspecified atom stereocenters. The van der Waals surface area contributed by atoms with Gasteiger partial charge in [0.25, 0.3) is 0 Å². The number of rotatable bonds is 4. The summed E-state index contributed by atoms with van der Waals surface area (Å²) in [6.07, 6.45) is 4.04. The van der Waals surface area contributed by atoms with Crippen molar-refractivity contribution in [2.75, 3.05) is 13.6 Å². The minimum Gasteiger partial charge on any atom is -0.345 e. The summed E-state index contributed by atoms with van der Waals surface area (Å²) in [4.78, 5) is 11.8. The van der Waals surface area contributed by atoms with E-state index in [1.54, 1.807) is 19.2 Å². The number of benzene rings is 1. The van der Waals surface area contributed by atoms with Gasteiger partial charge in [-0.1, -0.05) is 25.0 Å². The first kappa shape index (κ1) is 15.9. The number of amides is 1. The Morgan fingerprint density at radius 1 is 1.26 bits per heavy atom. The number of hydrogen-bond donors (Lipinski definition) is 2. The molecule has 1 aliphatic carbocycles. The summed E-state index contributed by atoms with van der Waals surface area (Å²) in [5.74, 6) is -0.253. The van der Waals surface area contributed by atoms with Crippen LogP contribution in [0.1, 0.15) is 31.2 Å². The molecule has 5 heteroatoms. The fraction of sp³-hybridized carbons (Fsp3) is 0.500. The van der Waals surface area contributed by atoms with Gasteiger partial charge in [-0.3, -0.25) is 4.79 Å². The van der Waals surface area contributed by atoms with Crippen molar-refractivity contribution in [2.45, 2.75) is 31.2 Å². The smallest absolute Gasteiger partial charge is 0.234 e. The number of halogens is 2. The van der Waals surface area contributed by atoms with Crippen molar-refractivity contribution in [3.05, 3.63) is 35.6 Å². The second-order valence-corrected chi connectivity index (χ2v) is 4.87. The molecule has 0 saturated heterocycles. The van der Waals surface area contributed by atoms with E-state index in [-0.39, 0.29) is 29.7 Å². The van der Waals surface area contributed by atoms with Crippen LogP contribution in [0.3, 0.4) is 0 Å². The van der Waals surface area contributed by atoms with Gasteiger partial charge in [0.05, 0.1) is 12.1 Å². The lowest BCUT2D eigenvalue weighted by Gasteiger charge is -2.31. The van der Waals surface area contributed by atoms with Gasteiger partial charge in [-0.2, -0.15) is 0 Å². The lowest BCUT2D eigenvalue weighted by molar-refractivity contribution is -0.122. The van der Waals surface area contributed by atoms with E-state index in [9.17, 15) is 9.18 Å². The normalized spacial score (nSPS) is 16.7. The van der Waals surface area contributed by atoms with Gasteiger partial charge in [-0.25, -0.2) is 4.39 Å². The van der Waals surface area contributed by atoms with Crippen LogP contribution in [-0.4, -0.2) is 19.5 Å². The average molecular weight is 287 g/mol. The van der Waals surface area contributed by atoms with Crippen LogP contribution in [0.4, 0.5) is 4.39 Å². The third-order valence-corrected chi connectivity index (χ3v) is 3.57. The van der Waals surface area contributed by atoms with Gasteiger partial charge in [0.15, 0.2) is 0 Å². The van der Waals surface area contributed by atoms with Crippen molar-refractivity contribution in [2.24, 2.45) is 0 Å². The Kier molecular flexibility index (Phi) is 5.76. The number of carbonyl (C=O) groups is 1. The summed E-state index contributed by atoms with van der Waals surface area (Å²) in [7, 11) is 1.75. The molecule has 0 bridgehead atoms. The van der Waals surface area contributed by atoms with Gasteiger partial charge in [0, 0.05) is 0 Å². The molecule has 3 nitrogen and oxygen atoms in total. The quantitative estimate of drug-likeness (QED) is 0.892. The number of likely N-dealkylation sites (N-methyl/N-ethyl adjacent to an activating group) is 1. The summed E-state index contributed by atoms with van der Waals surface area (Å²) < 4.78 is 13.0. The zero-order valence-electron chi connectivity index (χ0n) is 11.0. The topological polar surface area (TPSA) is 41.1 Å². The predicted molar refractivity (Wildman–Crippen MR) is 75.9 cm³/mol. The van der Waals surface area contributed by atoms with E-state index in [0.29, 0.717) is 6.54 Å². The molecule has 19 heavy (non-hydrogen) atoms. The minimum absolute atomic E-state index is 0. The van der Waals surface area contributed by atoms with E-state index in [4.69, 9.17) is 0 Å². The van der Waals surface area contributed by atoms with Crippen molar-refractivity contribution >= 4 is 18.3 Å². The third kappa shape index (κ3) is 3.67. The molecule has 106 valence electrons. The molecule has 0 aliphatic heterocycles. The van der Waals surface area contributed by atoms with Crippen LogP contribution < -0.4 is 10.6 Å². The van der Waals surface area contributed by atoms with Crippen LogP contribution in [0.2, 0.25) is 0 Å². The highest BCUT2D eigenvalue weighted by atomic mass is 35.5. The SMILES string of the molecule is CNCC(=O)NC1(c2ccc(F)cc2)CCCC1.Cl. The van der Waals surface area contributed by atoms with Crippen molar-refractivity contribution in [3.63, 3.8) is 0 Å². The molecule has 1 saturated carbocycles. The van der Waals surface area contributed by atoms with Crippen LogP contribution in [0.15, 0.2) is 24.3 Å². The third-order valence-electron chi connectivity index (χ3n) is 3.57. The van der Waals surface area contributed by atoms with Crippen molar-refractivity contribution in [3.8, 4) is 0 Å². The molecule has 0 heterocycles. The summed E-state index contributed by atoms with van der Waals surface area (Å²) in [5.41, 5.74) is 0.701. The molecule has 1 amide bonds. The van der Waals surface area contributed by atoms with E-state index in [0.717, 1.165) is 31.2 Å². The van der Waals surface area contributed by atoms with Crippen molar-refractivity contribution in [1.29, 1.82) is 0 Å². The zero-order valence-corrected chi connectivity index (χ0v) is 11.9. The van der Waals surface area contributed by atoms with Gasteiger partial charge in [0.1, 0.15) is 5.82 Å². The van der Waals surface area contributed by atoms with E-state index in [2.05, 4.69) is 10.6 Å². The standard InChI is InChI=1S/C14H19FN2O.ClH/c1-16-10-13(18)17-14(8-2-3-9-14)11-4-6-12(15)7-5-11;/h4-7,16H,2-3,8-10H2,1H3,(H,17,18);1H. The molecule has 1 fully saturated rings. The lowest BCUT2D eigenvalue weighted by Crippen LogP contribution is -2.46. The van der Waals surface area contributed by atoms with Gasteiger partial charge >= 0.3 is 0 Å². The van der Waals surface area contributed by atoms with Crippen LogP contribution in [0.25, 0.3) is 0 Å². The zero-order chi connectivity index (χ0) is 13.0. The molecular formula is C14H20ClFN2O. The minimum atomic E-state index is -0.304. The van der Waals surface area contributed by atoms with Gasteiger partial charge in [-0.05, 0) is 37.6 Å². The monoisotopic (exact) mass is 286 g/mol.